The minimum Gasteiger partial charge on any atom is -0.359 e. The van der Waals surface area contributed by atoms with Gasteiger partial charge in [-0.25, -0.2) is 12.7 Å². The molecule has 1 aliphatic rings. The summed E-state index contributed by atoms with van der Waals surface area (Å²) in [6, 6.07) is 14.7. The first-order valence-corrected chi connectivity index (χ1v) is 10.4. The molecule has 1 amide bonds. The van der Waals surface area contributed by atoms with E-state index in [0.717, 1.165) is 22.8 Å². The van der Waals surface area contributed by atoms with Crippen LogP contribution in [-0.4, -0.2) is 45.3 Å². The van der Waals surface area contributed by atoms with E-state index in [2.05, 4.69) is 29.3 Å². The van der Waals surface area contributed by atoms with Gasteiger partial charge in [0.05, 0.1) is 11.4 Å². The maximum atomic E-state index is 12.5. The highest BCUT2D eigenvalue weighted by atomic mass is 32.2. The zero-order valence-electron chi connectivity index (χ0n) is 15.8. The topological polar surface area (TPSA) is 69.7 Å². The molecule has 0 radical (unpaired) electrons. The largest absolute Gasteiger partial charge is 0.359 e. The fraction of sp³-hybridized carbons (Fsp3) is 0.350. The Kier molecular flexibility index (Phi) is 5.53. The van der Waals surface area contributed by atoms with Gasteiger partial charge in [-0.05, 0) is 55.7 Å². The Balaban J connectivity index is 1.70. The van der Waals surface area contributed by atoms with Gasteiger partial charge in [0, 0.05) is 31.5 Å². The Labute approximate surface area is 160 Å². The van der Waals surface area contributed by atoms with E-state index >= 15 is 0 Å². The van der Waals surface area contributed by atoms with E-state index in [0.29, 0.717) is 11.7 Å². The lowest BCUT2D eigenvalue weighted by molar-refractivity contribution is -0.115. The first kappa shape index (κ1) is 19.4. The summed E-state index contributed by atoms with van der Waals surface area (Å²) in [6.45, 7) is 2.39. The summed E-state index contributed by atoms with van der Waals surface area (Å²) in [5.41, 5.74) is 2.95. The molecule has 0 saturated carbocycles. The van der Waals surface area contributed by atoms with Crippen molar-refractivity contribution in [3.05, 3.63) is 54.1 Å². The van der Waals surface area contributed by atoms with Crippen LogP contribution < -0.4 is 10.2 Å². The number of sulfonamides is 1. The normalized spacial score (nSPS) is 16.9. The van der Waals surface area contributed by atoms with E-state index in [1.165, 1.54) is 31.8 Å². The van der Waals surface area contributed by atoms with Crippen LogP contribution in [0.5, 0.6) is 0 Å². The second-order valence-electron chi connectivity index (χ2n) is 7.00. The molecule has 0 fully saturated rings. The van der Waals surface area contributed by atoms with Crippen molar-refractivity contribution in [3.63, 3.8) is 0 Å². The van der Waals surface area contributed by atoms with Gasteiger partial charge in [0.25, 0.3) is 0 Å². The number of amides is 1. The van der Waals surface area contributed by atoms with Gasteiger partial charge in [-0.15, -0.1) is 0 Å². The van der Waals surface area contributed by atoms with Crippen LogP contribution in [0.25, 0.3) is 0 Å². The fourth-order valence-corrected chi connectivity index (χ4v) is 4.18. The van der Waals surface area contributed by atoms with Gasteiger partial charge in [0.1, 0.15) is 0 Å². The molecule has 0 aliphatic carbocycles. The number of hydrogen-bond donors (Lipinski definition) is 1. The van der Waals surface area contributed by atoms with E-state index in [4.69, 9.17) is 0 Å². The first-order valence-electron chi connectivity index (χ1n) is 8.96. The molecule has 0 unspecified atom stereocenters. The highest BCUT2D eigenvalue weighted by molar-refractivity contribution is 7.89. The van der Waals surface area contributed by atoms with E-state index in [1.807, 2.05) is 12.1 Å². The van der Waals surface area contributed by atoms with Crippen LogP contribution in [0.1, 0.15) is 18.9 Å². The zero-order valence-corrected chi connectivity index (χ0v) is 16.7. The monoisotopic (exact) mass is 387 g/mol. The highest BCUT2D eigenvalue weighted by Gasteiger charge is 2.24. The second kappa shape index (κ2) is 7.70. The number of hydrogen-bond acceptors (Lipinski definition) is 4. The summed E-state index contributed by atoms with van der Waals surface area (Å²) in [7, 11) is -0.496. The Morgan fingerprint density at radius 2 is 1.81 bits per heavy atom. The maximum Gasteiger partial charge on any atom is 0.243 e. The molecule has 144 valence electrons. The van der Waals surface area contributed by atoms with Crippen molar-refractivity contribution < 1.29 is 13.2 Å². The van der Waals surface area contributed by atoms with Gasteiger partial charge in [-0.1, -0.05) is 18.2 Å². The Bertz CT molecular complexity index is 924. The highest BCUT2D eigenvalue weighted by Crippen LogP contribution is 2.30. The summed E-state index contributed by atoms with van der Waals surface area (Å²) in [5.74, 6) is -0.123. The molecule has 0 bridgehead atoms. The van der Waals surface area contributed by atoms with Crippen LogP contribution in [-0.2, 0) is 21.2 Å². The summed E-state index contributed by atoms with van der Waals surface area (Å²) in [5, 5.41) is 2.86. The van der Waals surface area contributed by atoms with Gasteiger partial charge in [-0.3, -0.25) is 4.79 Å². The lowest BCUT2D eigenvalue weighted by atomic mass is 9.96. The molecule has 27 heavy (non-hydrogen) atoms. The number of fused-ring (bicyclic) bond motifs is 1. The van der Waals surface area contributed by atoms with Crippen LogP contribution in [0.3, 0.4) is 0 Å². The van der Waals surface area contributed by atoms with E-state index in [9.17, 15) is 13.2 Å². The van der Waals surface area contributed by atoms with Crippen molar-refractivity contribution in [2.24, 2.45) is 0 Å². The minimum absolute atomic E-state index is 0.123. The third-order valence-electron chi connectivity index (χ3n) is 4.90. The third kappa shape index (κ3) is 4.14. The average molecular weight is 388 g/mol. The standard InChI is InChI=1S/C20H25N3O3S/c1-15-8-9-16-6-4-5-7-19(16)23(15)14-20(24)21-17-10-12-18(13-11-17)27(25,26)22(2)3/h4-7,10-13,15H,8-9,14H2,1-3H3,(H,21,24)/t15-/m1/s1. The number of carbonyl (C=O) groups excluding carboxylic acids is 1. The fourth-order valence-electron chi connectivity index (χ4n) is 3.28. The molecule has 0 spiro atoms. The van der Waals surface area contributed by atoms with Gasteiger partial charge in [-0.2, -0.15) is 0 Å². The third-order valence-corrected chi connectivity index (χ3v) is 6.72. The zero-order chi connectivity index (χ0) is 19.6. The summed E-state index contributed by atoms with van der Waals surface area (Å²) in [6.07, 6.45) is 2.04. The summed E-state index contributed by atoms with van der Waals surface area (Å²) < 4.78 is 25.4. The number of benzene rings is 2. The van der Waals surface area contributed by atoms with Gasteiger partial charge >= 0.3 is 0 Å². The Hall–Kier alpha value is -2.38. The number of nitrogens with one attached hydrogen (secondary N) is 1. The Morgan fingerprint density at radius 1 is 1.15 bits per heavy atom. The van der Waals surface area contributed by atoms with Crippen molar-refractivity contribution in [2.75, 3.05) is 30.9 Å². The first-order chi connectivity index (χ1) is 12.8. The molecule has 1 heterocycles. The number of rotatable bonds is 5. The number of para-hydroxylation sites is 1. The molecule has 1 aliphatic heterocycles. The average Bonchev–Trinajstić information content (AvgIpc) is 2.64. The SMILES string of the molecule is C[C@@H]1CCc2ccccc2N1CC(=O)Nc1ccc(S(=O)(=O)N(C)C)cc1. The van der Waals surface area contributed by atoms with Crippen LogP contribution in [0.2, 0.25) is 0 Å². The van der Waals surface area contributed by atoms with Crippen LogP contribution in [0.15, 0.2) is 53.4 Å². The molecule has 6 nitrogen and oxygen atoms in total. The lowest BCUT2D eigenvalue weighted by Crippen LogP contribution is -2.42. The van der Waals surface area contributed by atoms with E-state index in [-0.39, 0.29) is 17.3 Å². The number of anilines is 2. The smallest absolute Gasteiger partial charge is 0.243 e. The van der Waals surface area contributed by atoms with Crippen LogP contribution in [0, 0.1) is 0 Å². The molecule has 3 rings (SSSR count). The van der Waals surface area contributed by atoms with Crippen molar-refractivity contribution in [2.45, 2.75) is 30.7 Å². The molecular formula is C20H25N3O3S. The van der Waals surface area contributed by atoms with E-state index < -0.39 is 10.0 Å². The molecule has 0 aromatic heterocycles. The van der Waals surface area contributed by atoms with Crippen LogP contribution in [0.4, 0.5) is 11.4 Å². The maximum absolute atomic E-state index is 12.5. The van der Waals surface area contributed by atoms with E-state index in [1.54, 1.807) is 12.1 Å². The molecule has 7 heteroatoms. The van der Waals surface area contributed by atoms with Crippen molar-refractivity contribution in [1.29, 1.82) is 0 Å². The van der Waals surface area contributed by atoms with Gasteiger partial charge < -0.3 is 10.2 Å². The Morgan fingerprint density at radius 3 is 2.48 bits per heavy atom. The molecule has 0 saturated heterocycles. The minimum atomic E-state index is -3.47. The van der Waals surface area contributed by atoms with Crippen molar-refractivity contribution >= 4 is 27.3 Å². The number of carbonyl (C=O) groups is 1. The molecule has 2 aromatic carbocycles. The quantitative estimate of drug-likeness (QED) is 0.856. The van der Waals surface area contributed by atoms with Gasteiger partial charge in [0.2, 0.25) is 15.9 Å². The summed E-state index contributed by atoms with van der Waals surface area (Å²) in [4.78, 5) is 14.9. The van der Waals surface area contributed by atoms with Crippen molar-refractivity contribution in [3.8, 4) is 0 Å². The molecule has 2 aromatic rings. The molecule has 1 atom stereocenters. The molecular weight excluding hydrogens is 362 g/mol. The predicted molar refractivity (Wildman–Crippen MR) is 108 cm³/mol. The van der Waals surface area contributed by atoms with Crippen molar-refractivity contribution in [1.82, 2.24) is 4.31 Å². The summed E-state index contributed by atoms with van der Waals surface area (Å²) >= 11 is 0. The number of aryl methyl sites for hydroxylation is 1. The second-order valence-corrected chi connectivity index (χ2v) is 9.16. The number of nitrogens with zero attached hydrogens (tertiary/aromatic N) is 2. The molecule has 1 N–H and O–H groups in total. The lowest BCUT2D eigenvalue weighted by Gasteiger charge is -2.36. The van der Waals surface area contributed by atoms with Crippen LogP contribution >= 0.6 is 0 Å². The van der Waals surface area contributed by atoms with Gasteiger partial charge in [0.15, 0.2) is 0 Å². The predicted octanol–water partition coefficient (Wildman–Crippen LogP) is 2.72.